The summed E-state index contributed by atoms with van der Waals surface area (Å²) in [5.41, 5.74) is 0.373. The molecule has 0 spiro atoms. The van der Waals surface area contributed by atoms with E-state index in [1.54, 1.807) is 7.05 Å². The van der Waals surface area contributed by atoms with Gasteiger partial charge in [-0.3, -0.25) is 9.48 Å². The third-order valence-corrected chi connectivity index (χ3v) is 1.77. The van der Waals surface area contributed by atoms with E-state index in [-0.39, 0.29) is 18.8 Å². The van der Waals surface area contributed by atoms with E-state index in [9.17, 15) is 18.0 Å². The Morgan fingerprint density at radius 1 is 1.56 bits per heavy atom. The van der Waals surface area contributed by atoms with E-state index in [0.717, 1.165) is 0 Å². The van der Waals surface area contributed by atoms with Crippen molar-refractivity contribution in [2.45, 2.75) is 12.6 Å². The highest BCUT2D eigenvalue weighted by molar-refractivity contribution is 5.95. The molecule has 1 rings (SSSR count). The molecule has 0 fully saturated rings. The molecule has 0 saturated heterocycles. The fourth-order valence-corrected chi connectivity index (χ4v) is 1.06. The molecular formula is C9H11F3N2O2. The second kappa shape index (κ2) is 5.11. The van der Waals surface area contributed by atoms with E-state index in [0.29, 0.717) is 5.56 Å². The lowest BCUT2D eigenvalue weighted by atomic mass is 10.2. The van der Waals surface area contributed by atoms with Crippen LogP contribution >= 0.6 is 0 Å². The third-order valence-electron chi connectivity index (χ3n) is 1.77. The van der Waals surface area contributed by atoms with Gasteiger partial charge in [0, 0.05) is 19.7 Å². The van der Waals surface area contributed by atoms with Crippen molar-refractivity contribution >= 4 is 5.78 Å². The lowest BCUT2D eigenvalue weighted by Gasteiger charge is -2.06. The SMILES string of the molecule is Cn1cc(C(=O)CCOCC(F)(F)F)cn1. The Morgan fingerprint density at radius 2 is 2.25 bits per heavy atom. The number of rotatable bonds is 5. The quantitative estimate of drug-likeness (QED) is 0.575. The molecule has 1 aromatic rings. The predicted molar refractivity (Wildman–Crippen MR) is 49.0 cm³/mol. The van der Waals surface area contributed by atoms with Gasteiger partial charge in [-0.1, -0.05) is 0 Å². The van der Waals surface area contributed by atoms with Crippen LogP contribution in [0.4, 0.5) is 13.2 Å². The fraction of sp³-hybridized carbons (Fsp3) is 0.556. The summed E-state index contributed by atoms with van der Waals surface area (Å²) < 4.78 is 40.8. The zero-order valence-corrected chi connectivity index (χ0v) is 8.62. The summed E-state index contributed by atoms with van der Waals surface area (Å²) in [6.45, 7) is -1.57. The van der Waals surface area contributed by atoms with Crippen molar-refractivity contribution in [3.05, 3.63) is 18.0 Å². The van der Waals surface area contributed by atoms with Crippen LogP contribution in [-0.4, -0.2) is 35.0 Å². The standard InChI is InChI=1S/C9H11F3N2O2/c1-14-5-7(4-13-14)8(15)2-3-16-6-9(10,11)12/h4-5H,2-3,6H2,1H3. The largest absolute Gasteiger partial charge is 0.411 e. The molecule has 0 aliphatic heterocycles. The molecule has 0 amide bonds. The smallest absolute Gasteiger partial charge is 0.372 e. The monoisotopic (exact) mass is 236 g/mol. The predicted octanol–water partition coefficient (Wildman–Crippen LogP) is 1.57. The van der Waals surface area contributed by atoms with Crippen LogP contribution in [-0.2, 0) is 11.8 Å². The first-order valence-electron chi connectivity index (χ1n) is 4.55. The van der Waals surface area contributed by atoms with Crippen LogP contribution in [0.3, 0.4) is 0 Å². The number of carbonyl (C=O) groups is 1. The van der Waals surface area contributed by atoms with Gasteiger partial charge in [0.1, 0.15) is 6.61 Å². The summed E-state index contributed by atoms with van der Waals surface area (Å²) in [6, 6.07) is 0. The Kier molecular flexibility index (Phi) is 4.05. The van der Waals surface area contributed by atoms with Crippen LogP contribution in [0.15, 0.2) is 12.4 Å². The molecule has 0 aliphatic carbocycles. The van der Waals surface area contributed by atoms with Crippen LogP contribution < -0.4 is 0 Å². The highest BCUT2D eigenvalue weighted by Crippen LogP contribution is 2.14. The molecule has 0 saturated carbocycles. The Morgan fingerprint density at radius 3 is 2.75 bits per heavy atom. The van der Waals surface area contributed by atoms with E-state index in [2.05, 4.69) is 9.84 Å². The van der Waals surface area contributed by atoms with E-state index in [1.807, 2.05) is 0 Å². The number of hydrogen-bond donors (Lipinski definition) is 0. The lowest BCUT2D eigenvalue weighted by Crippen LogP contribution is -2.18. The van der Waals surface area contributed by atoms with Gasteiger partial charge < -0.3 is 4.74 Å². The summed E-state index contributed by atoms with van der Waals surface area (Å²) in [5.74, 6) is -0.282. The molecule has 16 heavy (non-hydrogen) atoms. The Balaban J connectivity index is 2.26. The number of nitrogens with zero attached hydrogens (tertiary/aromatic N) is 2. The van der Waals surface area contributed by atoms with Gasteiger partial charge in [-0.25, -0.2) is 0 Å². The van der Waals surface area contributed by atoms with Gasteiger partial charge in [-0.05, 0) is 0 Å². The van der Waals surface area contributed by atoms with Crippen LogP contribution in [0.5, 0.6) is 0 Å². The first-order chi connectivity index (χ1) is 7.38. The summed E-state index contributed by atoms with van der Waals surface area (Å²) in [7, 11) is 1.65. The number of carbonyl (C=O) groups excluding carboxylic acids is 1. The Labute approximate surface area is 90.0 Å². The summed E-state index contributed by atoms with van der Waals surface area (Å²) in [5, 5.41) is 3.78. The van der Waals surface area contributed by atoms with E-state index >= 15 is 0 Å². The molecule has 0 aliphatic rings. The Hall–Kier alpha value is -1.37. The van der Waals surface area contributed by atoms with Crippen molar-refractivity contribution < 1.29 is 22.7 Å². The number of aromatic nitrogens is 2. The van der Waals surface area contributed by atoms with Crippen LogP contribution in [0.1, 0.15) is 16.8 Å². The summed E-state index contributed by atoms with van der Waals surface area (Å²) in [4.78, 5) is 11.4. The second-order valence-electron chi connectivity index (χ2n) is 3.24. The average Bonchev–Trinajstić information content (AvgIpc) is 2.57. The van der Waals surface area contributed by atoms with Gasteiger partial charge in [0.2, 0.25) is 0 Å². The third kappa shape index (κ3) is 4.43. The van der Waals surface area contributed by atoms with Crippen LogP contribution in [0, 0.1) is 0 Å². The van der Waals surface area contributed by atoms with E-state index in [4.69, 9.17) is 0 Å². The molecule has 4 nitrogen and oxygen atoms in total. The molecule has 0 bridgehead atoms. The number of hydrogen-bond acceptors (Lipinski definition) is 3. The van der Waals surface area contributed by atoms with Crippen molar-refractivity contribution in [1.82, 2.24) is 9.78 Å². The van der Waals surface area contributed by atoms with Crippen molar-refractivity contribution in [1.29, 1.82) is 0 Å². The first kappa shape index (κ1) is 12.7. The molecule has 0 N–H and O–H groups in total. The van der Waals surface area contributed by atoms with Gasteiger partial charge in [0.05, 0.1) is 18.4 Å². The van der Waals surface area contributed by atoms with Gasteiger partial charge >= 0.3 is 6.18 Å². The van der Waals surface area contributed by atoms with Crippen molar-refractivity contribution in [2.75, 3.05) is 13.2 Å². The second-order valence-corrected chi connectivity index (χ2v) is 3.24. The Bertz CT molecular complexity index is 360. The molecular weight excluding hydrogens is 225 g/mol. The number of ketones is 1. The maximum atomic E-state index is 11.7. The zero-order valence-electron chi connectivity index (χ0n) is 8.62. The van der Waals surface area contributed by atoms with E-state index in [1.165, 1.54) is 17.1 Å². The molecule has 90 valence electrons. The van der Waals surface area contributed by atoms with Gasteiger partial charge in [0.25, 0.3) is 0 Å². The van der Waals surface area contributed by atoms with E-state index < -0.39 is 12.8 Å². The normalized spacial score (nSPS) is 11.8. The molecule has 0 radical (unpaired) electrons. The van der Waals surface area contributed by atoms with Crippen molar-refractivity contribution in [3.63, 3.8) is 0 Å². The molecule has 1 heterocycles. The minimum absolute atomic E-state index is 0.0816. The van der Waals surface area contributed by atoms with Crippen LogP contribution in [0.25, 0.3) is 0 Å². The highest BCUT2D eigenvalue weighted by atomic mass is 19.4. The average molecular weight is 236 g/mol. The highest BCUT2D eigenvalue weighted by Gasteiger charge is 2.27. The fourth-order valence-electron chi connectivity index (χ4n) is 1.06. The molecule has 7 heteroatoms. The molecule has 0 atom stereocenters. The number of halogens is 3. The minimum atomic E-state index is -4.35. The zero-order chi connectivity index (χ0) is 12.2. The maximum Gasteiger partial charge on any atom is 0.411 e. The topological polar surface area (TPSA) is 44.1 Å². The first-order valence-corrected chi connectivity index (χ1v) is 4.55. The number of Topliss-reactive ketones (excluding diaryl/α,β-unsaturated/α-hetero) is 1. The number of ether oxygens (including phenoxy) is 1. The van der Waals surface area contributed by atoms with Crippen molar-refractivity contribution in [2.24, 2.45) is 7.05 Å². The molecule has 0 unspecified atom stereocenters. The van der Waals surface area contributed by atoms with Crippen molar-refractivity contribution in [3.8, 4) is 0 Å². The number of aryl methyl sites for hydroxylation is 1. The summed E-state index contributed by atoms with van der Waals surface area (Å²) in [6.07, 6.45) is -1.56. The molecule has 1 aromatic heterocycles. The summed E-state index contributed by atoms with van der Waals surface area (Å²) >= 11 is 0. The van der Waals surface area contributed by atoms with Gasteiger partial charge in [-0.2, -0.15) is 18.3 Å². The maximum absolute atomic E-state index is 11.7. The number of alkyl halides is 3. The van der Waals surface area contributed by atoms with Gasteiger partial charge in [-0.15, -0.1) is 0 Å². The van der Waals surface area contributed by atoms with Crippen LogP contribution in [0.2, 0.25) is 0 Å². The van der Waals surface area contributed by atoms with Gasteiger partial charge in [0.15, 0.2) is 5.78 Å². The molecule has 0 aromatic carbocycles. The lowest BCUT2D eigenvalue weighted by molar-refractivity contribution is -0.173. The minimum Gasteiger partial charge on any atom is -0.372 e.